The average molecular weight is 446 g/mol. The zero-order valence-corrected chi connectivity index (χ0v) is 17.4. The number of rotatable bonds is 4. The van der Waals surface area contributed by atoms with E-state index in [0.29, 0.717) is 17.5 Å². The third-order valence-corrected chi connectivity index (χ3v) is 8.30. The van der Waals surface area contributed by atoms with Crippen LogP contribution < -0.4 is 5.32 Å². The first-order chi connectivity index (χ1) is 14.4. The maximum Gasteiger partial charge on any atom is 0.425 e. The van der Waals surface area contributed by atoms with Crippen LogP contribution >= 0.6 is 11.8 Å². The van der Waals surface area contributed by atoms with Gasteiger partial charge in [-0.25, -0.2) is 13.2 Å². The molecule has 0 aromatic heterocycles. The van der Waals surface area contributed by atoms with Gasteiger partial charge in [0.1, 0.15) is 6.61 Å². The Balaban J connectivity index is 1.59. The van der Waals surface area contributed by atoms with Crippen LogP contribution in [-0.4, -0.2) is 30.1 Å². The van der Waals surface area contributed by atoms with Crippen molar-refractivity contribution >= 4 is 38.0 Å². The van der Waals surface area contributed by atoms with Gasteiger partial charge in [0.2, 0.25) is 5.91 Å². The van der Waals surface area contributed by atoms with Gasteiger partial charge in [0.15, 0.2) is 0 Å². The van der Waals surface area contributed by atoms with Crippen molar-refractivity contribution in [2.75, 3.05) is 0 Å². The number of carbonyl (C=O) groups is 3. The van der Waals surface area contributed by atoms with Gasteiger partial charge in [-0.2, -0.15) is 0 Å². The molecule has 1 aliphatic carbocycles. The molecule has 9 heteroatoms. The van der Waals surface area contributed by atoms with Crippen LogP contribution in [0.15, 0.2) is 54.6 Å². The summed E-state index contributed by atoms with van der Waals surface area (Å²) in [6.45, 7) is -0.147. The molecule has 7 nitrogen and oxygen atoms in total. The largest absolute Gasteiger partial charge is 0.449 e. The minimum atomic E-state index is -4.33. The summed E-state index contributed by atoms with van der Waals surface area (Å²) in [6.07, 6.45) is 0.526. The van der Waals surface area contributed by atoms with Gasteiger partial charge >= 0.3 is 5.30 Å². The van der Waals surface area contributed by atoms with E-state index in [1.54, 1.807) is 48.5 Å². The zero-order valence-electron chi connectivity index (χ0n) is 15.8. The van der Waals surface area contributed by atoms with Gasteiger partial charge in [-0.15, -0.1) is 0 Å². The first-order valence-corrected chi connectivity index (χ1v) is 11.8. The zero-order chi connectivity index (χ0) is 21.3. The Labute approximate surface area is 178 Å². The molecule has 2 aromatic carbocycles. The number of amides is 2. The fraction of sp³-hybridized carbons (Fsp3) is 0.286. The standard InChI is InChI=1S/C21H19NO6S2/c23-19-18(29-20(24)22-19)15-10-14-8-4-5-9-16(14)17(11-15)30(26,27)21(25)28-12-13-6-2-1-3-7-13/h1-9,15,17-18H,10-12H2,(H,22,23,24)/t15-,17?,18?/m1/s1. The molecule has 3 atom stereocenters. The molecule has 1 fully saturated rings. The second kappa shape index (κ2) is 8.23. The van der Waals surface area contributed by atoms with E-state index < -0.39 is 42.7 Å². The highest BCUT2D eigenvalue weighted by Crippen LogP contribution is 2.43. The fourth-order valence-electron chi connectivity index (χ4n) is 3.92. The van der Waals surface area contributed by atoms with Gasteiger partial charge in [0, 0.05) is 0 Å². The van der Waals surface area contributed by atoms with Crippen LogP contribution in [0, 0.1) is 5.92 Å². The Morgan fingerprint density at radius 2 is 1.77 bits per heavy atom. The number of nitrogens with one attached hydrogen (secondary N) is 1. The molecule has 1 aliphatic heterocycles. The number of hydrogen-bond acceptors (Lipinski definition) is 7. The summed E-state index contributed by atoms with van der Waals surface area (Å²) in [5.41, 5.74) is 1.98. The Bertz CT molecular complexity index is 1100. The molecule has 2 unspecified atom stereocenters. The van der Waals surface area contributed by atoms with Crippen molar-refractivity contribution in [2.24, 2.45) is 5.92 Å². The SMILES string of the molecule is O=C1NC(=O)C([C@@H]2Cc3ccccc3C(S(=O)(=O)C(=O)OCc3ccccc3)C2)S1. The topological polar surface area (TPSA) is 107 Å². The minimum absolute atomic E-state index is 0.0676. The summed E-state index contributed by atoms with van der Waals surface area (Å²) in [7, 11) is -4.33. The van der Waals surface area contributed by atoms with Crippen molar-refractivity contribution in [1.29, 1.82) is 0 Å². The second-order valence-corrected chi connectivity index (χ2v) is 10.4. The number of carbonyl (C=O) groups excluding carboxylic acids is 3. The molecule has 2 aromatic rings. The highest BCUT2D eigenvalue weighted by Gasteiger charge is 2.46. The molecule has 1 heterocycles. The molecule has 0 spiro atoms. The molecule has 0 bridgehead atoms. The summed E-state index contributed by atoms with van der Waals surface area (Å²) >= 11 is 0.873. The number of sulfone groups is 1. The Kier molecular flexibility index (Phi) is 5.66. The van der Waals surface area contributed by atoms with Crippen LogP contribution in [0.3, 0.4) is 0 Å². The maximum absolute atomic E-state index is 13.1. The lowest BCUT2D eigenvalue weighted by molar-refractivity contribution is -0.119. The van der Waals surface area contributed by atoms with Crippen molar-refractivity contribution in [3.63, 3.8) is 0 Å². The number of hydrogen-bond donors (Lipinski definition) is 1. The quantitative estimate of drug-likeness (QED) is 0.719. The number of thioether (sulfide) groups is 1. The van der Waals surface area contributed by atoms with Crippen LogP contribution in [0.1, 0.15) is 28.4 Å². The maximum atomic E-state index is 13.1. The number of benzene rings is 2. The molecule has 30 heavy (non-hydrogen) atoms. The summed E-state index contributed by atoms with van der Waals surface area (Å²) in [6, 6.07) is 15.8. The van der Waals surface area contributed by atoms with E-state index in [1.165, 1.54) is 0 Å². The molecular weight excluding hydrogens is 426 g/mol. The first kappa shape index (κ1) is 20.6. The monoisotopic (exact) mass is 445 g/mol. The van der Waals surface area contributed by atoms with E-state index in [2.05, 4.69) is 5.32 Å². The lowest BCUT2D eigenvalue weighted by atomic mass is 9.81. The first-order valence-electron chi connectivity index (χ1n) is 9.40. The smallest absolute Gasteiger partial charge is 0.425 e. The summed E-state index contributed by atoms with van der Waals surface area (Å²) < 4.78 is 31.3. The Hall–Kier alpha value is -2.65. The minimum Gasteiger partial charge on any atom is -0.449 e. The lowest BCUT2D eigenvalue weighted by Gasteiger charge is -2.32. The molecule has 1 saturated heterocycles. The normalized spacial score (nSPS) is 23.5. The van der Waals surface area contributed by atoms with Gasteiger partial charge in [-0.1, -0.05) is 66.4 Å². The average Bonchev–Trinajstić information content (AvgIpc) is 3.09. The molecule has 156 valence electrons. The third-order valence-electron chi connectivity index (χ3n) is 5.35. The van der Waals surface area contributed by atoms with Crippen LogP contribution in [0.4, 0.5) is 9.59 Å². The van der Waals surface area contributed by atoms with Crippen LogP contribution in [0.5, 0.6) is 0 Å². The third kappa shape index (κ3) is 3.99. The molecule has 4 rings (SSSR count). The number of imide groups is 1. The predicted octanol–water partition coefficient (Wildman–Crippen LogP) is 3.39. The van der Waals surface area contributed by atoms with Crippen molar-refractivity contribution in [2.45, 2.75) is 29.9 Å². The lowest BCUT2D eigenvalue weighted by Crippen LogP contribution is -2.36. The molecule has 0 radical (unpaired) electrons. The summed E-state index contributed by atoms with van der Waals surface area (Å²) in [4.78, 5) is 36.3. The van der Waals surface area contributed by atoms with Gasteiger partial charge < -0.3 is 4.74 Å². The van der Waals surface area contributed by atoms with Gasteiger partial charge in [-0.3, -0.25) is 14.9 Å². The van der Waals surface area contributed by atoms with E-state index in [-0.39, 0.29) is 13.0 Å². The van der Waals surface area contributed by atoms with Gasteiger partial charge in [-0.05, 0) is 35.4 Å². The van der Waals surface area contributed by atoms with E-state index in [0.717, 1.165) is 17.3 Å². The van der Waals surface area contributed by atoms with Crippen LogP contribution in [0.2, 0.25) is 0 Å². The van der Waals surface area contributed by atoms with Crippen LogP contribution in [-0.2, 0) is 32.4 Å². The van der Waals surface area contributed by atoms with E-state index in [1.807, 2.05) is 6.07 Å². The van der Waals surface area contributed by atoms with Crippen molar-refractivity contribution in [3.8, 4) is 0 Å². The van der Waals surface area contributed by atoms with E-state index in [4.69, 9.17) is 4.74 Å². The summed E-state index contributed by atoms with van der Waals surface area (Å²) in [5, 5.41) is -1.28. The van der Waals surface area contributed by atoms with Crippen LogP contribution in [0.25, 0.3) is 0 Å². The van der Waals surface area contributed by atoms with Crippen molar-refractivity contribution < 1.29 is 27.5 Å². The van der Waals surface area contributed by atoms with Gasteiger partial charge in [0.05, 0.1) is 10.5 Å². The van der Waals surface area contributed by atoms with Crippen molar-refractivity contribution in [1.82, 2.24) is 5.32 Å². The molecule has 2 aliphatic rings. The molecule has 0 saturated carbocycles. The highest BCUT2D eigenvalue weighted by atomic mass is 32.2. The Morgan fingerprint density at radius 1 is 1.07 bits per heavy atom. The number of ether oxygens (including phenoxy) is 1. The van der Waals surface area contributed by atoms with Crippen molar-refractivity contribution in [3.05, 3.63) is 71.3 Å². The van der Waals surface area contributed by atoms with E-state index in [9.17, 15) is 22.8 Å². The molecule has 2 amide bonds. The van der Waals surface area contributed by atoms with Gasteiger partial charge in [0.25, 0.3) is 15.1 Å². The fourth-order valence-corrected chi connectivity index (χ4v) is 6.40. The number of fused-ring (bicyclic) bond motifs is 1. The second-order valence-electron chi connectivity index (χ2n) is 7.27. The molecular formula is C21H19NO6S2. The Morgan fingerprint density at radius 3 is 2.47 bits per heavy atom. The molecule has 1 N–H and O–H groups in total. The highest BCUT2D eigenvalue weighted by molar-refractivity contribution is 8.15. The predicted molar refractivity (Wildman–Crippen MR) is 111 cm³/mol. The summed E-state index contributed by atoms with van der Waals surface area (Å²) in [5.74, 6) is -0.810. The van der Waals surface area contributed by atoms with E-state index >= 15 is 0 Å².